The van der Waals surface area contributed by atoms with E-state index in [2.05, 4.69) is 5.32 Å². The third-order valence-corrected chi connectivity index (χ3v) is 7.35. The lowest BCUT2D eigenvalue weighted by Crippen LogP contribution is -2.42. The molecule has 0 saturated carbocycles. The molecule has 1 aromatic carbocycles. The summed E-state index contributed by atoms with van der Waals surface area (Å²) >= 11 is 6.07. The average Bonchev–Trinajstić information content (AvgIpc) is 2.97. The molecule has 0 spiro atoms. The maximum atomic E-state index is 13.0. The molecule has 6 nitrogen and oxygen atoms in total. The second kappa shape index (κ2) is 7.06. The molecule has 0 radical (unpaired) electrons. The zero-order chi connectivity index (χ0) is 17.3. The molecule has 0 aromatic heterocycles. The first kappa shape index (κ1) is 18.7. The summed E-state index contributed by atoms with van der Waals surface area (Å²) in [7, 11) is -7.38. The molecule has 2 rings (SSSR count). The molecule has 1 aliphatic rings. The molecule has 23 heavy (non-hydrogen) atoms. The second-order valence-corrected chi connectivity index (χ2v) is 9.91. The van der Waals surface area contributed by atoms with Crippen LogP contribution in [0.4, 0.5) is 0 Å². The van der Waals surface area contributed by atoms with Gasteiger partial charge in [-0.1, -0.05) is 18.5 Å². The lowest BCUT2D eigenvalue weighted by molar-refractivity contribution is 0.335. The van der Waals surface area contributed by atoms with E-state index in [0.29, 0.717) is 19.5 Å². The van der Waals surface area contributed by atoms with Crippen molar-refractivity contribution < 1.29 is 16.8 Å². The van der Waals surface area contributed by atoms with Crippen molar-refractivity contribution in [1.29, 1.82) is 0 Å². The minimum absolute atomic E-state index is 0.0319. The summed E-state index contributed by atoms with van der Waals surface area (Å²) in [5.74, 6) is 0. The van der Waals surface area contributed by atoms with E-state index in [4.69, 9.17) is 11.6 Å². The molecule has 1 fully saturated rings. The van der Waals surface area contributed by atoms with Gasteiger partial charge in [-0.05, 0) is 37.6 Å². The zero-order valence-electron chi connectivity index (χ0n) is 13.1. The molecule has 1 unspecified atom stereocenters. The van der Waals surface area contributed by atoms with E-state index in [0.717, 1.165) is 25.3 Å². The minimum atomic E-state index is -3.86. The predicted molar refractivity (Wildman–Crippen MR) is 90.0 cm³/mol. The monoisotopic (exact) mass is 380 g/mol. The number of hydrogen-bond acceptors (Lipinski definition) is 5. The first-order valence-electron chi connectivity index (χ1n) is 7.40. The summed E-state index contributed by atoms with van der Waals surface area (Å²) in [6.07, 6.45) is 2.43. The largest absolute Gasteiger partial charge is 0.315 e. The predicted octanol–water partition coefficient (Wildman–Crippen LogP) is 1.51. The molecule has 1 saturated heterocycles. The van der Waals surface area contributed by atoms with Gasteiger partial charge in [0.2, 0.25) is 10.0 Å². The third-order valence-electron chi connectivity index (χ3n) is 3.80. The number of nitrogens with zero attached hydrogens (tertiary/aromatic N) is 1. The summed E-state index contributed by atoms with van der Waals surface area (Å²) in [5.41, 5.74) is 0. The number of hydrogen-bond donors (Lipinski definition) is 1. The van der Waals surface area contributed by atoms with Gasteiger partial charge >= 0.3 is 0 Å². The lowest BCUT2D eigenvalue weighted by atomic mass is 10.2. The van der Waals surface area contributed by atoms with Gasteiger partial charge in [0, 0.05) is 25.4 Å². The van der Waals surface area contributed by atoms with Crippen LogP contribution in [-0.4, -0.2) is 53.1 Å². The summed E-state index contributed by atoms with van der Waals surface area (Å²) in [6.45, 7) is 3.62. The molecule has 0 amide bonds. The number of rotatable bonds is 6. The second-order valence-electron chi connectivity index (χ2n) is 5.63. The highest BCUT2D eigenvalue weighted by atomic mass is 35.5. The highest BCUT2D eigenvalue weighted by Gasteiger charge is 2.34. The van der Waals surface area contributed by atoms with Crippen LogP contribution in [0.15, 0.2) is 28.0 Å². The van der Waals surface area contributed by atoms with Gasteiger partial charge < -0.3 is 5.32 Å². The molecule has 1 heterocycles. The first-order chi connectivity index (χ1) is 10.7. The van der Waals surface area contributed by atoms with E-state index in [1.807, 2.05) is 6.92 Å². The van der Waals surface area contributed by atoms with Crippen molar-refractivity contribution >= 4 is 31.5 Å². The Hall–Kier alpha value is -0.670. The Kier molecular flexibility index (Phi) is 5.73. The number of nitrogens with one attached hydrogen (secondary N) is 1. The first-order valence-corrected chi connectivity index (χ1v) is 11.1. The third kappa shape index (κ3) is 4.06. The van der Waals surface area contributed by atoms with Crippen LogP contribution in [0.1, 0.15) is 19.8 Å². The van der Waals surface area contributed by atoms with Gasteiger partial charge in [0.1, 0.15) is 4.90 Å². The number of sulfonamides is 1. The van der Waals surface area contributed by atoms with Crippen LogP contribution in [0.3, 0.4) is 0 Å². The van der Waals surface area contributed by atoms with Gasteiger partial charge in [-0.25, -0.2) is 16.8 Å². The molecule has 1 N–H and O–H groups in total. The quantitative estimate of drug-likeness (QED) is 0.808. The van der Waals surface area contributed by atoms with Crippen molar-refractivity contribution in [3.63, 3.8) is 0 Å². The van der Waals surface area contributed by atoms with E-state index >= 15 is 0 Å². The van der Waals surface area contributed by atoms with Gasteiger partial charge in [0.15, 0.2) is 9.84 Å². The Morgan fingerprint density at radius 2 is 2.00 bits per heavy atom. The van der Waals surface area contributed by atoms with Gasteiger partial charge in [-0.2, -0.15) is 4.31 Å². The Labute approximate surface area is 142 Å². The van der Waals surface area contributed by atoms with Crippen LogP contribution < -0.4 is 5.32 Å². The molecule has 9 heteroatoms. The van der Waals surface area contributed by atoms with Crippen LogP contribution in [0.5, 0.6) is 0 Å². The SMILES string of the molecule is CCCN(C1CCNC1)S(=O)(=O)c1cc(S(C)(=O)=O)ccc1Cl. The molecule has 0 bridgehead atoms. The van der Waals surface area contributed by atoms with Gasteiger partial charge in [-0.15, -0.1) is 0 Å². The van der Waals surface area contributed by atoms with E-state index in [-0.39, 0.29) is 20.9 Å². The van der Waals surface area contributed by atoms with E-state index in [1.165, 1.54) is 16.4 Å². The van der Waals surface area contributed by atoms with Crippen molar-refractivity contribution in [2.45, 2.75) is 35.6 Å². The van der Waals surface area contributed by atoms with Crippen LogP contribution in [-0.2, 0) is 19.9 Å². The van der Waals surface area contributed by atoms with Crippen LogP contribution in [0.2, 0.25) is 5.02 Å². The van der Waals surface area contributed by atoms with Gasteiger partial charge in [-0.3, -0.25) is 0 Å². The molecule has 130 valence electrons. The summed E-state index contributed by atoms with van der Waals surface area (Å²) in [6, 6.07) is 3.65. The summed E-state index contributed by atoms with van der Waals surface area (Å²) in [5, 5.41) is 3.18. The Morgan fingerprint density at radius 3 is 2.52 bits per heavy atom. The fourth-order valence-electron chi connectivity index (χ4n) is 2.64. The highest BCUT2D eigenvalue weighted by molar-refractivity contribution is 7.91. The normalized spacial score (nSPS) is 19.4. The van der Waals surface area contributed by atoms with Crippen molar-refractivity contribution in [2.24, 2.45) is 0 Å². The highest BCUT2D eigenvalue weighted by Crippen LogP contribution is 2.29. The number of halogens is 1. The molecule has 1 aliphatic heterocycles. The molecule has 1 atom stereocenters. The Morgan fingerprint density at radius 1 is 1.30 bits per heavy atom. The van der Waals surface area contributed by atoms with Crippen LogP contribution in [0, 0.1) is 0 Å². The van der Waals surface area contributed by atoms with E-state index in [9.17, 15) is 16.8 Å². The zero-order valence-corrected chi connectivity index (χ0v) is 15.5. The average molecular weight is 381 g/mol. The standard InChI is InChI=1S/C14H21ClN2O4S2/c1-3-8-17(11-6-7-16-10-11)23(20,21)14-9-12(22(2,18)19)4-5-13(14)15/h4-5,9,11,16H,3,6-8,10H2,1-2H3. The molecule has 1 aromatic rings. The van der Waals surface area contributed by atoms with E-state index in [1.54, 1.807) is 0 Å². The topological polar surface area (TPSA) is 83.6 Å². The van der Waals surface area contributed by atoms with Crippen LogP contribution >= 0.6 is 11.6 Å². The van der Waals surface area contributed by atoms with Gasteiger partial charge in [0.25, 0.3) is 0 Å². The maximum absolute atomic E-state index is 13.0. The van der Waals surface area contributed by atoms with Crippen molar-refractivity contribution in [1.82, 2.24) is 9.62 Å². The Balaban J connectivity index is 2.52. The van der Waals surface area contributed by atoms with Crippen molar-refractivity contribution in [3.8, 4) is 0 Å². The van der Waals surface area contributed by atoms with Crippen molar-refractivity contribution in [3.05, 3.63) is 23.2 Å². The maximum Gasteiger partial charge on any atom is 0.244 e. The Bertz CT molecular complexity index is 772. The lowest BCUT2D eigenvalue weighted by Gasteiger charge is -2.27. The number of sulfone groups is 1. The van der Waals surface area contributed by atoms with Crippen LogP contribution in [0.25, 0.3) is 0 Å². The smallest absolute Gasteiger partial charge is 0.244 e. The molecular weight excluding hydrogens is 360 g/mol. The number of benzene rings is 1. The summed E-state index contributed by atoms with van der Waals surface area (Å²) < 4.78 is 50.9. The fourth-order valence-corrected chi connectivity index (χ4v) is 5.61. The molecule has 0 aliphatic carbocycles. The minimum Gasteiger partial charge on any atom is -0.315 e. The van der Waals surface area contributed by atoms with E-state index < -0.39 is 19.9 Å². The van der Waals surface area contributed by atoms with Gasteiger partial charge in [0.05, 0.1) is 9.92 Å². The molecular formula is C14H21ClN2O4S2. The summed E-state index contributed by atoms with van der Waals surface area (Å²) in [4.78, 5) is -0.205. The van der Waals surface area contributed by atoms with Crippen molar-refractivity contribution in [2.75, 3.05) is 25.9 Å². The fraction of sp³-hybridized carbons (Fsp3) is 0.571.